The molecule has 2 fully saturated rings. The summed E-state index contributed by atoms with van der Waals surface area (Å²) >= 11 is 11.0. The molecular weight excluding hydrogens is 374 g/mol. The van der Waals surface area contributed by atoms with Crippen molar-refractivity contribution in [1.29, 1.82) is 0 Å². The molecule has 0 saturated carbocycles. The average molecular weight is 391 g/mol. The summed E-state index contributed by atoms with van der Waals surface area (Å²) in [4.78, 5) is 7.41. The maximum atomic E-state index is 12.0. The zero-order chi connectivity index (χ0) is 18.1. The number of ether oxygens (including phenoxy) is 3. The first-order valence-corrected chi connectivity index (χ1v) is 8.17. The van der Waals surface area contributed by atoms with E-state index in [0.29, 0.717) is 31.6 Å². The lowest BCUT2D eigenvalue weighted by molar-refractivity contribution is -0.0936. The third kappa shape index (κ3) is 7.94. The van der Waals surface area contributed by atoms with Crippen LogP contribution in [0.1, 0.15) is 0 Å². The van der Waals surface area contributed by atoms with Gasteiger partial charge in [0, 0.05) is 24.5 Å². The highest BCUT2D eigenvalue weighted by atomic mass is 35.5. The lowest BCUT2D eigenvalue weighted by atomic mass is 10.3. The molecule has 2 aliphatic heterocycles. The molecule has 0 spiro atoms. The highest BCUT2D eigenvalue weighted by Gasteiger charge is 2.19. The van der Waals surface area contributed by atoms with Crippen LogP contribution in [-0.2, 0) is 9.47 Å². The summed E-state index contributed by atoms with van der Waals surface area (Å²) in [7, 11) is 0. The van der Waals surface area contributed by atoms with E-state index in [1.165, 1.54) is 12.3 Å². The zero-order valence-electron chi connectivity index (χ0n) is 13.1. The first-order chi connectivity index (χ1) is 12.0. The second-order valence-corrected chi connectivity index (χ2v) is 5.85. The van der Waals surface area contributed by atoms with E-state index in [1.54, 1.807) is 18.3 Å². The Labute approximate surface area is 154 Å². The number of aromatic nitrogens is 2. The van der Waals surface area contributed by atoms with Gasteiger partial charge in [0.25, 0.3) is 0 Å². The van der Waals surface area contributed by atoms with Crippen LogP contribution in [0.15, 0.2) is 36.7 Å². The molecule has 25 heavy (non-hydrogen) atoms. The Morgan fingerprint density at radius 3 is 1.92 bits per heavy atom. The van der Waals surface area contributed by atoms with Crippen LogP contribution in [0.3, 0.4) is 0 Å². The fourth-order valence-corrected chi connectivity index (χ4v) is 1.86. The molecule has 0 aliphatic carbocycles. The highest BCUT2D eigenvalue weighted by Crippen LogP contribution is 2.18. The van der Waals surface area contributed by atoms with Gasteiger partial charge in [-0.05, 0) is 12.1 Å². The van der Waals surface area contributed by atoms with Crippen LogP contribution in [0.4, 0.5) is 4.39 Å². The minimum atomic E-state index is -0.356. The second kappa shape index (κ2) is 10.5. The number of hydrogen-bond acceptors (Lipinski definition) is 6. The molecule has 2 aliphatic rings. The molecule has 1 N–H and O–H groups in total. The third-order valence-electron chi connectivity index (χ3n) is 2.92. The van der Waals surface area contributed by atoms with Crippen molar-refractivity contribution in [2.24, 2.45) is 0 Å². The zero-order valence-corrected chi connectivity index (χ0v) is 14.7. The molecule has 0 aromatic carbocycles. The Kier molecular flexibility index (Phi) is 8.30. The normalized spacial score (nSPS) is 16.3. The molecule has 2 aromatic heterocycles. The summed E-state index contributed by atoms with van der Waals surface area (Å²) in [5.74, 6) is 0.397. The Morgan fingerprint density at radius 2 is 1.56 bits per heavy atom. The van der Waals surface area contributed by atoms with Gasteiger partial charge in [-0.3, -0.25) is 0 Å². The van der Waals surface area contributed by atoms with Crippen LogP contribution in [-0.4, -0.2) is 53.7 Å². The van der Waals surface area contributed by atoms with Gasteiger partial charge in [-0.25, -0.2) is 14.4 Å². The standard InChI is InChI=1S/C8H8ClNO2.C5H3ClFN.C3H6O2/c9-8-3-6(1-2-10-8)12-7-4-11-5-7;6-5-3-4(7)1-2-8-5;4-3-1-5-2-3/h1-3,7H,4-5H2;1-3H;3-4H,1-2H2. The molecule has 0 atom stereocenters. The van der Waals surface area contributed by atoms with Gasteiger partial charge in [-0.15, -0.1) is 0 Å². The van der Waals surface area contributed by atoms with E-state index in [0.717, 1.165) is 11.8 Å². The number of pyridine rings is 2. The van der Waals surface area contributed by atoms with Gasteiger partial charge >= 0.3 is 0 Å². The first-order valence-electron chi connectivity index (χ1n) is 7.41. The molecule has 4 heterocycles. The third-order valence-corrected chi connectivity index (χ3v) is 3.33. The SMILES string of the molecule is Clc1cc(OC2COC2)ccn1.Fc1ccnc(Cl)c1.OC1COC1. The summed E-state index contributed by atoms with van der Waals surface area (Å²) in [6.07, 6.45) is 2.97. The largest absolute Gasteiger partial charge is 0.485 e. The summed E-state index contributed by atoms with van der Waals surface area (Å²) in [5, 5.41) is 8.96. The lowest BCUT2D eigenvalue weighted by Crippen LogP contribution is -2.38. The van der Waals surface area contributed by atoms with Crippen LogP contribution < -0.4 is 4.74 Å². The van der Waals surface area contributed by atoms with Crippen molar-refractivity contribution in [2.75, 3.05) is 26.4 Å². The minimum Gasteiger partial charge on any atom is -0.485 e. The van der Waals surface area contributed by atoms with Crippen LogP contribution >= 0.6 is 23.2 Å². The van der Waals surface area contributed by atoms with E-state index in [4.69, 9.17) is 37.8 Å². The van der Waals surface area contributed by atoms with Gasteiger partial charge in [0.1, 0.15) is 34.1 Å². The lowest BCUT2D eigenvalue weighted by Gasteiger charge is -2.26. The molecule has 0 amide bonds. The molecule has 2 aromatic rings. The van der Waals surface area contributed by atoms with E-state index < -0.39 is 0 Å². The molecule has 0 unspecified atom stereocenters. The predicted molar refractivity (Wildman–Crippen MR) is 90.5 cm³/mol. The van der Waals surface area contributed by atoms with Crippen LogP contribution in [0.5, 0.6) is 5.75 Å². The number of rotatable bonds is 2. The Hall–Kier alpha value is -1.51. The van der Waals surface area contributed by atoms with Gasteiger partial charge in [0.15, 0.2) is 0 Å². The van der Waals surface area contributed by atoms with Crippen LogP contribution in [0.25, 0.3) is 0 Å². The Morgan fingerprint density at radius 1 is 1.00 bits per heavy atom. The number of nitrogens with zero attached hydrogens (tertiary/aromatic N) is 2. The average Bonchev–Trinajstić information content (AvgIpc) is 2.50. The predicted octanol–water partition coefficient (Wildman–Crippen LogP) is 2.76. The van der Waals surface area contributed by atoms with Gasteiger partial charge in [-0.2, -0.15) is 0 Å². The smallest absolute Gasteiger partial charge is 0.145 e. The minimum absolute atomic E-state index is 0.157. The van der Waals surface area contributed by atoms with Gasteiger partial charge in [0.2, 0.25) is 0 Å². The van der Waals surface area contributed by atoms with Gasteiger partial charge in [0.05, 0.1) is 26.4 Å². The monoisotopic (exact) mass is 390 g/mol. The summed E-state index contributed by atoms with van der Waals surface area (Å²) in [5.41, 5.74) is 0. The van der Waals surface area contributed by atoms with E-state index in [9.17, 15) is 4.39 Å². The van der Waals surface area contributed by atoms with Crippen molar-refractivity contribution in [1.82, 2.24) is 9.97 Å². The Balaban J connectivity index is 0.000000149. The van der Waals surface area contributed by atoms with Crippen LogP contribution in [0, 0.1) is 5.82 Å². The van der Waals surface area contributed by atoms with Crippen molar-refractivity contribution in [3.8, 4) is 5.75 Å². The van der Waals surface area contributed by atoms with Gasteiger partial charge in [-0.1, -0.05) is 23.2 Å². The second-order valence-electron chi connectivity index (χ2n) is 5.08. The summed E-state index contributed by atoms with van der Waals surface area (Å²) < 4.78 is 27.1. The van der Waals surface area contributed by atoms with Gasteiger partial charge < -0.3 is 19.3 Å². The molecule has 2 saturated heterocycles. The quantitative estimate of drug-likeness (QED) is 0.794. The topological polar surface area (TPSA) is 73.7 Å². The fourth-order valence-electron chi connectivity index (χ4n) is 1.53. The number of hydrogen-bond donors (Lipinski definition) is 1. The summed E-state index contributed by atoms with van der Waals surface area (Å²) in [6, 6.07) is 5.87. The van der Waals surface area contributed by atoms with Crippen molar-refractivity contribution in [3.63, 3.8) is 0 Å². The first kappa shape index (κ1) is 19.8. The van der Waals surface area contributed by atoms with E-state index in [-0.39, 0.29) is 23.2 Å². The fraction of sp³-hybridized carbons (Fsp3) is 0.375. The van der Waals surface area contributed by atoms with Crippen molar-refractivity contribution >= 4 is 23.2 Å². The highest BCUT2D eigenvalue weighted by molar-refractivity contribution is 6.29. The molecule has 4 rings (SSSR count). The maximum absolute atomic E-state index is 12.0. The van der Waals surface area contributed by atoms with Crippen LogP contribution in [0.2, 0.25) is 10.3 Å². The molecule has 9 heteroatoms. The maximum Gasteiger partial charge on any atom is 0.145 e. The van der Waals surface area contributed by atoms with Crippen molar-refractivity contribution in [2.45, 2.75) is 12.2 Å². The number of aliphatic hydroxyl groups excluding tert-OH is 1. The van der Waals surface area contributed by atoms with E-state index in [2.05, 4.69) is 14.7 Å². The van der Waals surface area contributed by atoms with Crippen molar-refractivity contribution in [3.05, 3.63) is 52.8 Å². The molecule has 0 bridgehead atoms. The Bertz CT molecular complexity index is 640. The number of halogens is 3. The molecular formula is C16H17Cl2FN2O4. The van der Waals surface area contributed by atoms with Crippen molar-refractivity contribution < 1.29 is 23.7 Å². The summed E-state index contributed by atoms with van der Waals surface area (Å²) in [6.45, 7) is 2.42. The molecule has 6 nitrogen and oxygen atoms in total. The van der Waals surface area contributed by atoms with E-state index in [1.807, 2.05) is 0 Å². The van der Waals surface area contributed by atoms with E-state index >= 15 is 0 Å². The molecule has 136 valence electrons. The molecule has 0 radical (unpaired) electrons. The number of aliphatic hydroxyl groups is 1.